The second kappa shape index (κ2) is 11.6. The number of alkyl carbamates (subject to hydrolysis) is 1. The predicted octanol–water partition coefficient (Wildman–Crippen LogP) is 2.91. The maximum absolute atomic E-state index is 13.4. The number of methoxy groups -OCH3 is 1. The first-order valence-corrected chi connectivity index (χ1v) is 12.4. The van der Waals surface area contributed by atoms with E-state index in [2.05, 4.69) is 10.3 Å². The Morgan fingerprint density at radius 1 is 1.22 bits per heavy atom. The number of halogens is 1. The minimum Gasteiger partial charge on any atom is -0.448 e. The molecule has 1 aliphatic heterocycles. The first-order chi connectivity index (χ1) is 15.4. The number of carbonyl (C=O) groups is 1. The second-order valence-corrected chi connectivity index (χ2v) is 9.94. The summed E-state index contributed by atoms with van der Waals surface area (Å²) in [5, 5.41) is 3.17. The van der Waals surface area contributed by atoms with E-state index in [-0.39, 0.29) is 24.2 Å². The number of benzene rings is 1. The smallest absolute Gasteiger partial charge is 0.407 e. The molecule has 1 amide bonds. The lowest BCUT2D eigenvalue weighted by Gasteiger charge is -2.40. The molecule has 11 heteroatoms. The van der Waals surface area contributed by atoms with Crippen LogP contribution in [0, 0.1) is 0 Å². The molecule has 0 aliphatic carbocycles. The number of amides is 1. The number of hydrogen-bond donors (Lipinski definition) is 1. The zero-order valence-corrected chi connectivity index (χ0v) is 19.6. The molecule has 176 valence electrons. The van der Waals surface area contributed by atoms with Crippen LogP contribution >= 0.6 is 11.6 Å². The molecular weight excluding hydrogens is 456 g/mol. The summed E-state index contributed by atoms with van der Waals surface area (Å²) in [6.45, 7) is 1.42. The molecule has 0 bridgehead atoms. The van der Waals surface area contributed by atoms with Crippen LogP contribution < -0.4 is 5.32 Å². The molecule has 1 aliphatic rings. The first kappa shape index (κ1) is 24.5. The molecule has 0 saturated carbocycles. The number of imidazole rings is 1. The lowest BCUT2D eigenvalue weighted by Crippen LogP contribution is -2.53. The molecule has 1 fully saturated rings. The molecule has 1 N–H and O–H groups in total. The van der Waals surface area contributed by atoms with Gasteiger partial charge in [0.2, 0.25) is 10.0 Å². The molecule has 9 nitrogen and oxygen atoms in total. The quantitative estimate of drug-likeness (QED) is 0.520. The number of hydrogen-bond acceptors (Lipinski definition) is 6. The monoisotopic (exact) mass is 484 g/mol. The van der Waals surface area contributed by atoms with Gasteiger partial charge in [-0.2, -0.15) is 4.31 Å². The highest BCUT2D eigenvalue weighted by Gasteiger charge is 2.40. The van der Waals surface area contributed by atoms with Crippen molar-refractivity contribution in [2.45, 2.75) is 49.2 Å². The van der Waals surface area contributed by atoms with E-state index in [1.165, 1.54) is 16.4 Å². The molecule has 32 heavy (non-hydrogen) atoms. The van der Waals surface area contributed by atoms with Crippen LogP contribution in [0.1, 0.15) is 25.7 Å². The first-order valence-electron chi connectivity index (χ1n) is 10.6. The molecule has 0 spiro atoms. The van der Waals surface area contributed by atoms with E-state index in [9.17, 15) is 13.2 Å². The van der Waals surface area contributed by atoms with Crippen molar-refractivity contribution in [2.75, 3.05) is 26.9 Å². The van der Waals surface area contributed by atoms with Gasteiger partial charge in [0.05, 0.1) is 23.9 Å². The third-order valence-corrected chi connectivity index (χ3v) is 7.64. The summed E-state index contributed by atoms with van der Waals surface area (Å²) in [7, 11) is -2.27. The van der Waals surface area contributed by atoms with Gasteiger partial charge in [-0.15, -0.1) is 0 Å². The summed E-state index contributed by atoms with van der Waals surface area (Å²) < 4.78 is 40.9. The van der Waals surface area contributed by atoms with Crippen LogP contribution in [0.2, 0.25) is 5.02 Å². The largest absolute Gasteiger partial charge is 0.448 e. The molecule has 2 atom stereocenters. The Kier molecular flexibility index (Phi) is 8.92. The van der Waals surface area contributed by atoms with E-state index < -0.39 is 22.2 Å². The highest BCUT2D eigenvalue weighted by Crippen LogP contribution is 2.31. The number of rotatable bonds is 10. The fraction of sp³-hybridized carbons (Fsp3) is 0.524. The average Bonchev–Trinajstić information content (AvgIpc) is 3.29. The molecule has 3 rings (SSSR count). The molecular formula is C21H29ClN4O5S. The third-order valence-electron chi connectivity index (χ3n) is 5.37. The number of aromatic nitrogens is 2. The molecule has 2 heterocycles. The van der Waals surface area contributed by atoms with Gasteiger partial charge in [0.15, 0.2) is 0 Å². The summed E-state index contributed by atoms with van der Waals surface area (Å²) in [6, 6.07) is 5.27. The van der Waals surface area contributed by atoms with Crippen LogP contribution in [0.3, 0.4) is 0 Å². The van der Waals surface area contributed by atoms with Crippen LogP contribution in [-0.4, -0.2) is 67.3 Å². The van der Waals surface area contributed by atoms with Gasteiger partial charge in [-0.05, 0) is 43.5 Å². The zero-order chi connectivity index (χ0) is 23.0. The Morgan fingerprint density at radius 2 is 1.94 bits per heavy atom. The van der Waals surface area contributed by atoms with Gasteiger partial charge in [-0.25, -0.2) is 18.2 Å². The fourth-order valence-corrected chi connectivity index (χ4v) is 5.83. The summed E-state index contributed by atoms with van der Waals surface area (Å²) in [4.78, 5) is 16.3. The van der Waals surface area contributed by atoms with Gasteiger partial charge in [-0.1, -0.05) is 18.0 Å². The van der Waals surface area contributed by atoms with Crippen molar-refractivity contribution in [2.24, 2.45) is 0 Å². The maximum Gasteiger partial charge on any atom is 0.407 e. The second-order valence-electron chi connectivity index (χ2n) is 7.66. The van der Waals surface area contributed by atoms with E-state index >= 15 is 0 Å². The van der Waals surface area contributed by atoms with Crippen molar-refractivity contribution in [3.05, 3.63) is 48.0 Å². The average molecular weight is 485 g/mol. The minimum atomic E-state index is -3.82. The number of nitrogens with zero attached hydrogens (tertiary/aromatic N) is 3. The summed E-state index contributed by atoms with van der Waals surface area (Å²) in [6.07, 6.45) is 7.53. The number of piperidine rings is 1. The van der Waals surface area contributed by atoms with Crippen molar-refractivity contribution in [3.63, 3.8) is 0 Å². The van der Waals surface area contributed by atoms with Crippen LogP contribution in [-0.2, 0) is 26.0 Å². The normalized spacial score (nSPS) is 19.6. The molecule has 1 saturated heterocycles. The van der Waals surface area contributed by atoms with Crippen molar-refractivity contribution in [1.82, 2.24) is 19.2 Å². The summed E-state index contributed by atoms with van der Waals surface area (Å²) in [5.41, 5.74) is 0. The topological polar surface area (TPSA) is 103 Å². The van der Waals surface area contributed by atoms with E-state index in [1.54, 1.807) is 31.8 Å². The van der Waals surface area contributed by atoms with Crippen LogP contribution in [0.25, 0.3) is 0 Å². The van der Waals surface area contributed by atoms with E-state index in [0.717, 1.165) is 19.4 Å². The van der Waals surface area contributed by atoms with Crippen molar-refractivity contribution in [1.29, 1.82) is 0 Å². The van der Waals surface area contributed by atoms with E-state index in [4.69, 9.17) is 21.1 Å². The molecule has 2 aromatic rings. The Balaban J connectivity index is 1.61. The Bertz CT molecular complexity index is 951. The molecule has 1 aromatic carbocycles. The molecule has 0 radical (unpaired) electrons. The van der Waals surface area contributed by atoms with E-state index in [0.29, 0.717) is 24.4 Å². The van der Waals surface area contributed by atoms with Gasteiger partial charge >= 0.3 is 6.09 Å². The lowest BCUT2D eigenvalue weighted by molar-refractivity contribution is 0.0526. The van der Waals surface area contributed by atoms with Crippen LogP contribution in [0.15, 0.2) is 47.9 Å². The number of nitrogens with one attached hydrogen (secondary N) is 1. The number of aryl methyl sites for hydroxylation is 1. The van der Waals surface area contributed by atoms with Gasteiger partial charge in [0.25, 0.3) is 0 Å². The Morgan fingerprint density at radius 3 is 2.59 bits per heavy atom. The minimum absolute atomic E-state index is 0.0274. The highest BCUT2D eigenvalue weighted by atomic mass is 35.5. The zero-order valence-electron chi connectivity index (χ0n) is 18.0. The number of sulfonamides is 1. The van der Waals surface area contributed by atoms with Crippen molar-refractivity contribution in [3.8, 4) is 0 Å². The van der Waals surface area contributed by atoms with Crippen LogP contribution in [0.4, 0.5) is 4.79 Å². The van der Waals surface area contributed by atoms with Gasteiger partial charge < -0.3 is 19.4 Å². The van der Waals surface area contributed by atoms with Gasteiger partial charge in [-0.3, -0.25) is 0 Å². The molecule has 1 unspecified atom stereocenters. The SMILES string of the molecule is COC[C@H]1CCCC(COC(=O)NCCCn2ccnc2)N1S(=O)(=O)c1ccc(Cl)cc1. The molecule has 1 aromatic heterocycles. The Hall–Kier alpha value is -2.14. The number of carbonyl (C=O) groups excluding carboxylic acids is 1. The highest BCUT2D eigenvalue weighted by molar-refractivity contribution is 7.89. The van der Waals surface area contributed by atoms with Crippen LogP contribution in [0.5, 0.6) is 0 Å². The third kappa shape index (κ3) is 6.44. The van der Waals surface area contributed by atoms with Gasteiger partial charge in [0.1, 0.15) is 6.61 Å². The van der Waals surface area contributed by atoms with Crippen molar-refractivity contribution < 1.29 is 22.7 Å². The Labute approximate surface area is 193 Å². The maximum atomic E-state index is 13.4. The van der Waals surface area contributed by atoms with Gasteiger partial charge in [0, 0.05) is 43.7 Å². The summed E-state index contributed by atoms with van der Waals surface area (Å²) in [5.74, 6) is 0. The number of ether oxygens (including phenoxy) is 2. The lowest BCUT2D eigenvalue weighted by atomic mass is 9.99. The summed E-state index contributed by atoms with van der Waals surface area (Å²) >= 11 is 5.92. The standard InChI is InChI=1S/C21H29ClN4O5S/c1-30-14-18-4-2-5-19(26(18)32(28,29)20-8-6-17(22)7-9-20)15-31-21(27)24-10-3-12-25-13-11-23-16-25/h6-9,11,13,16,18-19H,2-5,10,12,14-15H2,1H3,(H,24,27)/t18-,19?/m1/s1. The van der Waals surface area contributed by atoms with Crippen molar-refractivity contribution >= 4 is 27.7 Å². The van der Waals surface area contributed by atoms with E-state index in [1.807, 2.05) is 10.8 Å². The predicted molar refractivity (Wildman–Crippen MR) is 120 cm³/mol. The fourth-order valence-electron chi connectivity index (χ4n) is 3.86.